The van der Waals surface area contributed by atoms with Crippen LogP contribution in [0.5, 0.6) is 5.75 Å². The summed E-state index contributed by atoms with van der Waals surface area (Å²) in [5, 5.41) is 8.95. The number of para-hydroxylation sites is 1. The largest absolute Gasteiger partial charge is 0.497 e. The highest BCUT2D eigenvalue weighted by Gasteiger charge is 2.21. The third-order valence-electron chi connectivity index (χ3n) is 5.37. The third kappa shape index (κ3) is 4.69. The van der Waals surface area contributed by atoms with E-state index >= 15 is 0 Å². The van der Waals surface area contributed by atoms with Crippen molar-refractivity contribution in [2.24, 2.45) is 0 Å². The summed E-state index contributed by atoms with van der Waals surface area (Å²) in [4.78, 5) is 27.8. The second-order valence-corrected chi connectivity index (χ2v) is 7.58. The summed E-state index contributed by atoms with van der Waals surface area (Å²) in [6, 6.07) is 19.2. The number of methoxy groups -OCH3 is 1. The maximum absolute atomic E-state index is 12.9. The Labute approximate surface area is 180 Å². The van der Waals surface area contributed by atoms with Gasteiger partial charge in [-0.15, -0.1) is 0 Å². The van der Waals surface area contributed by atoms with Crippen LogP contribution in [0.4, 0.5) is 0 Å². The van der Waals surface area contributed by atoms with E-state index in [-0.39, 0.29) is 11.8 Å². The molecular formula is C25H25N3O3. The number of aromatic amines is 1. The van der Waals surface area contributed by atoms with Gasteiger partial charge in [-0.25, -0.2) is 0 Å². The number of carbonyl (C=O) groups is 2. The zero-order chi connectivity index (χ0) is 21.8. The number of rotatable bonds is 7. The molecule has 0 aliphatic rings. The molecular weight excluding hydrogens is 390 g/mol. The Hall–Kier alpha value is -3.80. The van der Waals surface area contributed by atoms with Crippen LogP contribution in [0.2, 0.25) is 0 Å². The fourth-order valence-electron chi connectivity index (χ4n) is 3.80. The number of aromatic nitrogens is 1. The van der Waals surface area contributed by atoms with Gasteiger partial charge in [-0.05, 0) is 46.2 Å². The van der Waals surface area contributed by atoms with Crippen LogP contribution in [-0.4, -0.2) is 29.9 Å². The molecule has 4 aromatic rings. The standard InChI is InChI=1S/C25H25N3O3/c1-16(29)28-24(13-20-15-26-23-6-4-3-5-22(20)23)25(30)27-14-17-7-8-19-12-21(31-2)10-9-18(19)11-17/h3-12,15,24,26H,13-14H2,1-2H3,(H,27,30)(H,28,29)/t24-/m1/s1. The molecule has 1 heterocycles. The van der Waals surface area contributed by atoms with Gasteiger partial charge in [0.05, 0.1) is 7.11 Å². The molecule has 0 fully saturated rings. The molecule has 6 heteroatoms. The van der Waals surface area contributed by atoms with Gasteiger partial charge in [0, 0.05) is 37.0 Å². The number of benzene rings is 3. The Morgan fingerprint density at radius 2 is 1.81 bits per heavy atom. The third-order valence-corrected chi connectivity index (χ3v) is 5.37. The lowest BCUT2D eigenvalue weighted by Crippen LogP contribution is -2.47. The van der Waals surface area contributed by atoms with Gasteiger partial charge >= 0.3 is 0 Å². The first-order valence-corrected chi connectivity index (χ1v) is 10.2. The Morgan fingerprint density at radius 3 is 2.61 bits per heavy atom. The highest BCUT2D eigenvalue weighted by Crippen LogP contribution is 2.22. The number of ether oxygens (including phenoxy) is 1. The van der Waals surface area contributed by atoms with E-state index in [0.717, 1.165) is 38.6 Å². The normalized spacial score (nSPS) is 11.9. The first-order valence-electron chi connectivity index (χ1n) is 10.2. The Balaban J connectivity index is 1.47. The van der Waals surface area contributed by atoms with Crippen LogP contribution in [0.1, 0.15) is 18.1 Å². The van der Waals surface area contributed by atoms with Crippen molar-refractivity contribution in [3.63, 3.8) is 0 Å². The van der Waals surface area contributed by atoms with Crippen LogP contribution >= 0.6 is 0 Å². The maximum Gasteiger partial charge on any atom is 0.243 e. The summed E-state index contributed by atoms with van der Waals surface area (Å²) in [7, 11) is 1.65. The van der Waals surface area contributed by atoms with Gasteiger partial charge in [0.25, 0.3) is 0 Å². The summed E-state index contributed by atoms with van der Waals surface area (Å²) >= 11 is 0. The number of carbonyl (C=O) groups excluding carboxylic acids is 2. The summed E-state index contributed by atoms with van der Waals surface area (Å²) < 4.78 is 5.27. The van der Waals surface area contributed by atoms with Crippen LogP contribution in [-0.2, 0) is 22.6 Å². The summed E-state index contributed by atoms with van der Waals surface area (Å²) in [6.45, 7) is 1.80. The lowest BCUT2D eigenvalue weighted by molar-refractivity contribution is -0.128. The second kappa shape index (κ2) is 8.92. The van der Waals surface area contributed by atoms with Crippen molar-refractivity contribution in [2.45, 2.75) is 25.9 Å². The van der Waals surface area contributed by atoms with E-state index in [9.17, 15) is 9.59 Å². The van der Waals surface area contributed by atoms with E-state index in [4.69, 9.17) is 4.74 Å². The molecule has 4 rings (SSSR count). The molecule has 0 radical (unpaired) electrons. The van der Waals surface area contributed by atoms with Gasteiger partial charge < -0.3 is 20.4 Å². The van der Waals surface area contributed by atoms with Gasteiger partial charge in [0.15, 0.2) is 0 Å². The monoisotopic (exact) mass is 415 g/mol. The van der Waals surface area contributed by atoms with Gasteiger partial charge in [-0.3, -0.25) is 9.59 Å². The van der Waals surface area contributed by atoms with Gasteiger partial charge in [0.1, 0.15) is 11.8 Å². The van der Waals surface area contributed by atoms with E-state index in [1.54, 1.807) is 7.11 Å². The highest BCUT2D eigenvalue weighted by atomic mass is 16.5. The SMILES string of the molecule is COc1ccc2cc(CNC(=O)[C@@H](Cc3c[nH]c4ccccc34)NC(C)=O)ccc2c1. The van der Waals surface area contributed by atoms with E-state index in [1.807, 2.05) is 66.9 Å². The van der Waals surface area contributed by atoms with Crippen molar-refractivity contribution in [3.05, 3.63) is 78.0 Å². The van der Waals surface area contributed by atoms with Crippen LogP contribution in [0.15, 0.2) is 66.9 Å². The summed E-state index contributed by atoms with van der Waals surface area (Å²) in [5.74, 6) is 0.360. The lowest BCUT2D eigenvalue weighted by atomic mass is 10.0. The Bertz CT molecular complexity index is 1250. The molecule has 2 amide bonds. The first kappa shape index (κ1) is 20.5. The topological polar surface area (TPSA) is 83.2 Å². The smallest absolute Gasteiger partial charge is 0.243 e. The Morgan fingerprint density at radius 1 is 1.03 bits per heavy atom. The fraction of sp³-hybridized carbons (Fsp3) is 0.200. The molecule has 0 bridgehead atoms. The minimum Gasteiger partial charge on any atom is -0.497 e. The molecule has 0 unspecified atom stereocenters. The molecule has 1 atom stereocenters. The molecule has 3 N–H and O–H groups in total. The van der Waals surface area contributed by atoms with Gasteiger partial charge in [-0.2, -0.15) is 0 Å². The number of fused-ring (bicyclic) bond motifs is 2. The molecule has 6 nitrogen and oxygen atoms in total. The Kier molecular flexibility index (Phi) is 5.89. The molecule has 158 valence electrons. The van der Waals surface area contributed by atoms with E-state index < -0.39 is 6.04 Å². The second-order valence-electron chi connectivity index (χ2n) is 7.58. The predicted octanol–water partition coefficient (Wildman–Crippen LogP) is 3.69. The average Bonchev–Trinajstić information content (AvgIpc) is 3.19. The number of hydrogen-bond acceptors (Lipinski definition) is 3. The van der Waals surface area contributed by atoms with E-state index in [0.29, 0.717) is 13.0 Å². The van der Waals surface area contributed by atoms with Crippen LogP contribution < -0.4 is 15.4 Å². The quantitative estimate of drug-likeness (QED) is 0.430. The molecule has 0 aliphatic carbocycles. The zero-order valence-electron chi connectivity index (χ0n) is 17.6. The van der Waals surface area contributed by atoms with Gasteiger partial charge in [-0.1, -0.05) is 36.4 Å². The van der Waals surface area contributed by atoms with Gasteiger partial charge in [0.2, 0.25) is 11.8 Å². The van der Waals surface area contributed by atoms with Crippen LogP contribution in [0.3, 0.4) is 0 Å². The lowest BCUT2D eigenvalue weighted by Gasteiger charge is -2.17. The first-order chi connectivity index (χ1) is 15.0. The van der Waals surface area contributed by atoms with Crippen molar-refractivity contribution in [3.8, 4) is 5.75 Å². The van der Waals surface area contributed by atoms with Crippen molar-refractivity contribution in [1.29, 1.82) is 0 Å². The maximum atomic E-state index is 12.9. The molecule has 0 aliphatic heterocycles. The molecule has 3 aromatic carbocycles. The predicted molar refractivity (Wildman–Crippen MR) is 122 cm³/mol. The van der Waals surface area contributed by atoms with E-state index in [1.165, 1.54) is 6.92 Å². The average molecular weight is 415 g/mol. The highest BCUT2D eigenvalue weighted by molar-refractivity contribution is 5.89. The van der Waals surface area contributed by atoms with E-state index in [2.05, 4.69) is 15.6 Å². The molecule has 1 aromatic heterocycles. The number of hydrogen-bond donors (Lipinski definition) is 3. The van der Waals surface area contributed by atoms with Crippen LogP contribution in [0, 0.1) is 0 Å². The summed E-state index contributed by atoms with van der Waals surface area (Å²) in [6.07, 6.45) is 2.30. The van der Waals surface area contributed by atoms with Crippen molar-refractivity contribution >= 4 is 33.5 Å². The number of H-pyrrole nitrogens is 1. The minimum absolute atomic E-state index is 0.213. The molecule has 0 saturated heterocycles. The summed E-state index contributed by atoms with van der Waals surface area (Å²) in [5.41, 5.74) is 2.98. The van der Waals surface area contributed by atoms with Crippen molar-refractivity contribution < 1.29 is 14.3 Å². The molecule has 0 saturated carbocycles. The van der Waals surface area contributed by atoms with Crippen molar-refractivity contribution in [2.75, 3.05) is 7.11 Å². The number of amides is 2. The minimum atomic E-state index is -0.651. The van der Waals surface area contributed by atoms with Crippen LogP contribution in [0.25, 0.3) is 21.7 Å². The number of nitrogens with one attached hydrogen (secondary N) is 3. The van der Waals surface area contributed by atoms with Crippen molar-refractivity contribution in [1.82, 2.24) is 15.6 Å². The molecule has 31 heavy (non-hydrogen) atoms. The molecule has 0 spiro atoms. The fourth-order valence-corrected chi connectivity index (χ4v) is 3.80. The zero-order valence-corrected chi connectivity index (χ0v) is 17.6.